The molecule has 2 aromatic carbocycles. The van der Waals surface area contributed by atoms with Gasteiger partial charge in [0.25, 0.3) is 5.91 Å². The second-order valence-electron chi connectivity index (χ2n) is 12.7. The number of halogens is 1. The van der Waals surface area contributed by atoms with Gasteiger partial charge in [-0.05, 0) is 96.1 Å². The van der Waals surface area contributed by atoms with E-state index in [9.17, 15) is 9.36 Å². The molecule has 0 saturated carbocycles. The van der Waals surface area contributed by atoms with Crippen LogP contribution in [0.3, 0.4) is 0 Å². The smallest absolute Gasteiger partial charge is 0.252 e. The van der Waals surface area contributed by atoms with Crippen LogP contribution in [0.1, 0.15) is 24.2 Å². The van der Waals surface area contributed by atoms with Crippen LogP contribution < -0.4 is 20.7 Å². The Balaban J connectivity index is 0.000000229. The molecule has 12 heteroatoms. The number of rotatable bonds is 9. The van der Waals surface area contributed by atoms with E-state index in [0.29, 0.717) is 34.8 Å². The summed E-state index contributed by atoms with van der Waals surface area (Å²) >= 11 is 6.06. The molecule has 5 rings (SSSR count). The van der Waals surface area contributed by atoms with Crippen molar-refractivity contribution in [3.8, 4) is 5.75 Å². The number of para-hydroxylation sites is 1. The van der Waals surface area contributed by atoms with E-state index in [4.69, 9.17) is 16.3 Å². The minimum absolute atomic E-state index is 0.106. The maximum atomic E-state index is 12.5. The number of methoxy groups -OCH3 is 1. The highest BCUT2D eigenvalue weighted by atomic mass is 35.5. The zero-order valence-corrected chi connectivity index (χ0v) is 30.2. The van der Waals surface area contributed by atoms with Gasteiger partial charge in [0.1, 0.15) is 23.7 Å². The molecule has 2 fully saturated rings. The summed E-state index contributed by atoms with van der Waals surface area (Å²) in [5, 5.41) is 7.30. The molecule has 47 heavy (non-hydrogen) atoms. The number of carbonyl (C=O) groups is 1. The van der Waals surface area contributed by atoms with Crippen molar-refractivity contribution in [2.24, 2.45) is 0 Å². The van der Waals surface area contributed by atoms with Gasteiger partial charge in [-0.15, -0.1) is 0 Å². The minimum Gasteiger partial charge on any atom is -0.496 e. The lowest BCUT2D eigenvalue weighted by Crippen LogP contribution is -2.52. The van der Waals surface area contributed by atoms with Crippen molar-refractivity contribution in [3.63, 3.8) is 0 Å². The van der Waals surface area contributed by atoms with E-state index in [1.807, 2.05) is 49.4 Å². The first-order valence-corrected chi connectivity index (χ1v) is 19.0. The van der Waals surface area contributed by atoms with E-state index in [0.717, 1.165) is 41.1 Å². The van der Waals surface area contributed by atoms with E-state index in [2.05, 4.69) is 48.9 Å². The van der Waals surface area contributed by atoms with Gasteiger partial charge in [-0.2, -0.15) is 0 Å². The van der Waals surface area contributed by atoms with Crippen LogP contribution in [0.15, 0.2) is 60.8 Å². The van der Waals surface area contributed by atoms with Gasteiger partial charge in [0.15, 0.2) is 5.82 Å². The predicted octanol–water partition coefficient (Wildman–Crippen LogP) is 5.64. The van der Waals surface area contributed by atoms with Crippen molar-refractivity contribution < 1.29 is 14.1 Å². The topological polar surface area (TPSA) is 103 Å². The zero-order valence-electron chi connectivity index (χ0n) is 28.6. The molecule has 254 valence electrons. The average Bonchev–Trinajstić information content (AvgIpc) is 3.04. The number of likely N-dealkylation sites (N-methyl/N-ethyl adjacent to an activating group) is 1. The molecule has 0 spiro atoms. The number of piperidine rings is 1. The first-order chi connectivity index (χ1) is 22.3. The minimum atomic E-state index is -2.37. The van der Waals surface area contributed by atoms with Crippen LogP contribution in [0.2, 0.25) is 5.02 Å². The molecule has 2 aliphatic heterocycles. The van der Waals surface area contributed by atoms with Crippen LogP contribution in [0.4, 0.5) is 17.2 Å². The lowest BCUT2D eigenvalue weighted by Gasteiger charge is -2.42. The first kappa shape index (κ1) is 36.6. The Morgan fingerprint density at radius 1 is 1.06 bits per heavy atom. The lowest BCUT2D eigenvalue weighted by atomic mass is 10.0. The van der Waals surface area contributed by atoms with Gasteiger partial charge in [-0.3, -0.25) is 14.6 Å². The third kappa shape index (κ3) is 10.6. The molecular formula is C35H49ClN7O3P. The Labute approximate surface area is 284 Å². The van der Waals surface area contributed by atoms with Crippen molar-refractivity contribution in [1.29, 1.82) is 0 Å². The molecule has 0 unspecified atom stereocenters. The normalized spacial score (nSPS) is 16.6. The summed E-state index contributed by atoms with van der Waals surface area (Å²) in [4.78, 5) is 28.2. The van der Waals surface area contributed by atoms with Crippen molar-refractivity contribution >= 4 is 47.1 Å². The van der Waals surface area contributed by atoms with E-state index < -0.39 is 7.14 Å². The maximum Gasteiger partial charge on any atom is 0.252 e. The van der Waals surface area contributed by atoms with Crippen molar-refractivity contribution in [2.75, 3.05) is 83.9 Å². The summed E-state index contributed by atoms with van der Waals surface area (Å²) in [5.41, 5.74) is 3.15. The number of amides is 1. The Bertz CT molecular complexity index is 1580. The van der Waals surface area contributed by atoms with Crippen LogP contribution >= 0.6 is 18.7 Å². The number of carbonyl (C=O) groups excluding carboxylic acids is 1. The summed E-state index contributed by atoms with van der Waals surface area (Å²) in [5.74, 6) is 1.86. The largest absolute Gasteiger partial charge is 0.496 e. The van der Waals surface area contributed by atoms with Crippen molar-refractivity contribution in [3.05, 3.63) is 77.2 Å². The van der Waals surface area contributed by atoms with Crippen LogP contribution in [-0.2, 0) is 9.36 Å². The first-order valence-electron chi connectivity index (χ1n) is 16.0. The highest BCUT2D eigenvalue weighted by Crippen LogP contribution is 2.38. The van der Waals surface area contributed by atoms with Crippen LogP contribution in [-0.4, -0.2) is 110 Å². The number of ether oxygens (including phenoxy) is 1. The summed E-state index contributed by atoms with van der Waals surface area (Å²) in [7, 11) is 1.48. The standard InChI is InChI=1S/C22H34N4O2.C13H15ClN3OP/c1-17-15-19(5-6-21(17)28-4)23-22(27)18(2)16-25-9-7-20(8-10-25)26-13-11-24(3)12-14-26;1-9-15-8-10(14)13(16-9)17-11-6-4-5-7-12(11)19(2,3)18/h5-6,15,20H,2,7-14,16H2,1,3-4H3,(H,23,27);4-8H,1-3H3,(H,15,16,17). The monoisotopic (exact) mass is 681 g/mol. The fourth-order valence-electron chi connectivity index (χ4n) is 5.87. The molecule has 3 heterocycles. The molecule has 2 saturated heterocycles. The number of likely N-dealkylation sites (tertiary alicyclic amines) is 1. The maximum absolute atomic E-state index is 12.5. The van der Waals surface area contributed by atoms with Gasteiger partial charge >= 0.3 is 0 Å². The van der Waals surface area contributed by atoms with Crippen LogP contribution in [0, 0.1) is 13.8 Å². The summed E-state index contributed by atoms with van der Waals surface area (Å²) in [6, 6.07) is 13.8. The van der Waals surface area contributed by atoms with Gasteiger partial charge < -0.3 is 24.8 Å². The third-order valence-electron chi connectivity index (χ3n) is 8.60. The van der Waals surface area contributed by atoms with Gasteiger partial charge in [-0.25, -0.2) is 9.97 Å². The fourth-order valence-corrected chi connectivity index (χ4v) is 7.16. The molecule has 1 aromatic heterocycles. The number of aryl methyl sites for hydroxylation is 2. The summed E-state index contributed by atoms with van der Waals surface area (Å²) < 4.78 is 17.5. The van der Waals surface area contributed by atoms with E-state index in [1.165, 1.54) is 39.0 Å². The molecule has 2 aliphatic rings. The number of nitrogens with one attached hydrogen (secondary N) is 2. The number of hydrogen-bond donors (Lipinski definition) is 2. The number of aromatic nitrogens is 2. The molecule has 0 radical (unpaired) electrons. The van der Waals surface area contributed by atoms with Crippen LogP contribution in [0.5, 0.6) is 5.75 Å². The fraction of sp³-hybridized carbons (Fsp3) is 0.457. The summed E-state index contributed by atoms with van der Waals surface area (Å²) in [6.07, 6.45) is 3.90. The van der Waals surface area contributed by atoms with E-state index >= 15 is 0 Å². The molecular weight excluding hydrogens is 633 g/mol. The number of anilines is 3. The van der Waals surface area contributed by atoms with Crippen molar-refractivity contribution in [2.45, 2.75) is 32.7 Å². The average molecular weight is 682 g/mol. The SMILES string of the molecule is C=C(CN1CCC(N2CCN(C)CC2)CC1)C(=O)Nc1ccc(OC)c(C)c1.Cc1ncc(Cl)c(Nc2ccccc2P(C)(C)=O)n1. The third-order valence-corrected chi connectivity index (χ3v) is 10.4. The number of benzene rings is 2. The number of hydrogen-bond acceptors (Lipinski definition) is 9. The predicted molar refractivity (Wildman–Crippen MR) is 195 cm³/mol. The molecule has 0 bridgehead atoms. The Morgan fingerprint density at radius 2 is 1.74 bits per heavy atom. The molecule has 0 atom stereocenters. The number of nitrogens with zero attached hydrogens (tertiary/aromatic N) is 5. The quantitative estimate of drug-likeness (QED) is 0.220. The van der Waals surface area contributed by atoms with Gasteiger partial charge in [-0.1, -0.05) is 30.3 Å². The Kier molecular flexibility index (Phi) is 13.0. The molecule has 3 aromatic rings. The molecule has 10 nitrogen and oxygen atoms in total. The van der Waals surface area contributed by atoms with Gasteiger partial charge in [0.2, 0.25) is 0 Å². The van der Waals surface area contributed by atoms with Gasteiger partial charge in [0, 0.05) is 55.3 Å². The van der Waals surface area contributed by atoms with E-state index in [-0.39, 0.29) is 5.91 Å². The molecule has 2 N–H and O–H groups in total. The summed E-state index contributed by atoms with van der Waals surface area (Å²) in [6.45, 7) is 18.6. The van der Waals surface area contributed by atoms with Crippen LogP contribution in [0.25, 0.3) is 0 Å². The second kappa shape index (κ2) is 16.7. The van der Waals surface area contributed by atoms with Crippen molar-refractivity contribution in [1.82, 2.24) is 24.7 Å². The number of piperazine rings is 1. The highest BCUT2D eigenvalue weighted by molar-refractivity contribution is 7.70. The van der Waals surface area contributed by atoms with E-state index in [1.54, 1.807) is 33.6 Å². The van der Waals surface area contributed by atoms with Gasteiger partial charge in [0.05, 0.1) is 19.0 Å². The lowest BCUT2D eigenvalue weighted by molar-refractivity contribution is -0.113. The zero-order chi connectivity index (χ0) is 34.1. The highest BCUT2D eigenvalue weighted by Gasteiger charge is 2.27. The molecule has 0 aliphatic carbocycles. The Morgan fingerprint density at radius 3 is 2.38 bits per heavy atom. The molecule has 1 amide bonds. The Hall–Kier alpha value is -3.27. The second-order valence-corrected chi connectivity index (χ2v) is 16.3.